The third kappa shape index (κ3) is 6.22. The number of halogens is 1. The van der Waals surface area contributed by atoms with Crippen molar-refractivity contribution in [3.8, 4) is 5.75 Å². The van der Waals surface area contributed by atoms with Crippen molar-refractivity contribution >= 4 is 21.8 Å². The van der Waals surface area contributed by atoms with Gasteiger partial charge < -0.3 is 14.5 Å². The number of hydrogen-bond donors (Lipinski definition) is 1. The average Bonchev–Trinajstić information content (AvgIpc) is 3.47. The number of carbonyl (C=O) groups is 1. The molecular formula is C28H30BrN3O3. The van der Waals surface area contributed by atoms with E-state index in [4.69, 9.17) is 9.15 Å². The average molecular weight is 536 g/mol. The number of amides is 1. The van der Waals surface area contributed by atoms with Gasteiger partial charge in [-0.05, 0) is 64.7 Å². The monoisotopic (exact) mass is 535 g/mol. The number of aryl methyl sites for hydroxylation is 2. The number of nitrogens with one attached hydrogen (secondary N) is 1. The molecule has 2 aromatic carbocycles. The Labute approximate surface area is 214 Å². The van der Waals surface area contributed by atoms with Crippen LogP contribution in [0.4, 0.5) is 0 Å². The molecule has 1 N–H and O–H groups in total. The zero-order valence-corrected chi connectivity index (χ0v) is 21.8. The smallest absolute Gasteiger partial charge is 0.286 e. The molecule has 0 aliphatic rings. The topological polar surface area (TPSA) is 69.3 Å². The zero-order chi connectivity index (χ0) is 24.8. The molecule has 35 heavy (non-hydrogen) atoms. The number of carbonyl (C=O) groups excluding carboxylic acids is 1. The molecule has 0 atom stereocenters. The maximum absolute atomic E-state index is 12.4. The van der Waals surface area contributed by atoms with E-state index in [9.17, 15) is 4.79 Å². The predicted octanol–water partition coefficient (Wildman–Crippen LogP) is 6.27. The summed E-state index contributed by atoms with van der Waals surface area (Å²) in [7, 11) is 0. The number of rotatable bonds is 10. The Morgan fingerprint density at radius 1 is 1.06 bits per heavy atom. The third-order valence-corrected chi connectivity index (χ3v) is 6.85. The molecular weight excluding hydrogens is 506 g/mol. The minimum absolute atomic E-state index is 0.1000. The minimum Gasteiger partial charge on any atom is -0.486 e. The molecule has 0 aliphatic heterocycles. The Hall–Kier alpha value is -3.32. The van der Waals surface area contributed by atoms with Crippen LogP contribution in [0.5, 0.6) is 5.75 Å². The number of aromatic nitrogens is 2. The van der Waals surface area contributed by atoms with Crippen molar-refractivity contribution in [1.82, 2.24) is 15.1 Å². The Morgan fingerprint density at radius 2 is 1.77 bits per heavy atom. The summed E-state index contributed by atoms with van der Waals surface area (Å²) in [5, 5.41) is 7.27. The Bertz CT molecular complexity index is 1240. The standard InChI is InChI=1S/C28H30BrN3O3/c1-20-25(29)18-32(31-20)17-7-16-30-27(33)26-15-14-24(35-26)19-34-23-12-10-22(11-13-23)28(2,3)21-8-5-4-6-9-21/h4-6,8-15,18H,7,16-17,19H2,1-3H3,(H,30,33). The van der Waals surface area contributed by atoms with Crippen LogP contribution in [0.15, 0.2) is 81.8 Å². The molecule has 6 nitrogen and oxygen atoms in total. The molecule has 0 aliphatic carbocycles. The van der Waals surface area contributed by atoms with Crippen LogP contribution in [-0.2, 0) is 18.6 Å². The lowest BCUT2D eigenvalue weighted by Crippen LogP contribution is -2.24. The van der Waals surface area contributed by atoms with Gasteiger partial charge in [0.1, 0.15) is 18.1 Å². The summed E-state index contributed by atoms with van der Waals surface area (Å²) < 4.78 is 14.4. The van der Waals surface area contributed by atoms with Crippen LogP contribution < -0.4 is 10.1 Å². The highest BCUT2D eigenvalue weighted by Gasteiger charge is 2.22. The van der Waals surface area contributed by atoms with E-state index < -0.39 is 0 Å². The lowest BCUT2D eigenvalue weighted by atomic mass is 9.78. The second-order valence-corrected chi connectivity index (χ2v) is 9.86. The first-order valence-corrected chi connectivity index (χ1v) is 12.5. The van der Waals surface area contributed by atoms with Crippen molar-refractivity contribution in [2.45, 2.75) is 45.8 Å². The van der Waals surface area contributed by atoms with Gasteiger partial charge in [-0.1, -0.05) is 56.3 Å². The molecule has 2 aromatic heterocycles. The second kappa shape index (κ2) is 11.0. The van der Waals surface area contributed by atoms with Crippen LogP contribution in [0.25, 0.3) is 0 Å². The van der Waals surface area contributed by atoms with E-state index in [-0.39, 0.29) is 23.7 Å². The maximum Gasteiger partial charge on any atom is 0.286 e. The molecule has 4 rings (SSSR count). The van der Waals surface area contributed by atoms with Crippen molar-refractivity contribution in [1.29, 1.82) is 0 Å². The Balaban J connectivity index is 1.24. The van der Waals surface area contributed by atoms with E-state index >= 15 is 0 Å². The van der Waals surface area contributed by atoms with Gasteiger partial charge in [0.25, 0.3) is 5.91 Å². The van der Waals surface area contributed by atoms with Crippen LogP contribution in [0.3, 0.4) is 0 Å². The van der Waals surface area contributed by atoms with Crippen molar-refractivity contribution in [2.24, 2.45) is 0 Å². The summed E-state index contributed by atoms with van der Waals surface area (Å²) >= 11 is 3.45. The van der Waals surface area contributed by atoms with Gasteiger partial charge in [-0.3, -0.25) is 9.48 Å². The number of furan rings is 1. The first-order chi connectivity index (χ1) is 16.8. The molecule has 2 heterocycles. The van der Waals surface area contributed by atoms with E-state index in [1.165, 1.54) is 11.1 Å². The third-order valence-electron chi connectivity index (χ3n) is 6.07. The molecule has 1 amide bonds. The number of nitrogens with zero attached hydrogens (tertiary/aromatic N) is 2. The summed E-state index contributed by atoms with van der Waals surface area (Å²) in [4.78, 5) is 12.4. The van der Waals surface area contributed by atoms with E-state index in [1.807, 2.05) is 36.0 Å². The van der Waals surface area contributed by atoms with E-state index in [0.29, 0.717) is 12.3 Å². The van der Waals surface area contributed by atoms with Crippen molar-refractivity contribution in [3.05, 3.63) is 106 Å². The summed E-state index contributed by atoms with van der Waals surface area (Å²) in [5.74, 6) is 1.39. The van der Waals surface area contributed by atoms with Gasteiger partial charge in [-0.25, -0.2) is 0 Å². The summed E-state index contributed by atoms with van der Waals surface area (Å²) in [6, 6.07) is 22.0. The van der Waals surface area contributed by atoms with Crippen LogP contribution in [0, 0.1) is 6.92 Å². The number of hydrogen-bond acceptors (Lipinski definition) is 4. The van der Waals surface area contributed by atoms with Gasteiger partial charge in [-0.2, -0.15) is 5.10 Å². The normalized spacial score (nSPS) is 11.4. The van der Waals surface area contributed by atoms with E-state index in [0.717, 1.165) is 28.9 Å². The highest BCUT2D eigenvalue weighted by molar-refractivity contribution is 9.10. The molecule has 0 bridgehead atoms. The predicted molar refractivity (Wildman–Crippen MR) is 140 cm³/mol. The molecule has 4 aromatic rings. The van der Waals surface area contributed by atoms with Crippen LogP contribution >= 0.6 is 15.9 Å². The first kappa shape index (κ1) is 24.8. The molecule has 0 radical (unpaired) electrons. The quantitative estimate of drug-likeness (QED) is 0.243. The van der Waals surface area contributed by atoms with Gasteiger partial charge in [0, 0.05) is 24.7 Å². The van der Waals surface area contributed by atoms with Crippen LogP contribution in [0.1, 0.15) is 53.4 Å². The highest BCUT2D eigenvalue weighted by Crippen LogP contribution is 2.32. The Kier molecular flexibility index (Phi) is 7.76. The molecule has 0 saturated carbocycles. The molecule has 0 unspecified atom stereocenters. The lowest BCUT2D eigenvalue weighted by Gasteiger charge is -2.26. The summed E-state index contributed by atoms with van der Waals surface area (Å²) in [6.45, 7) is 7.89. The molecule has 0 fully saturated rings. The van der Waals surface area contributed by atoms with Crippen molar-refractivity contribution in [2.75, 3.05) is 6.54 Å². The summed E-state index contributed by atoms with van der Waals surface area (Å²) in [5.41, 5.74) is 3.33. The van der Waals surface area contributed by atoms with Gasteiger partial charge >= 0.3 is 0 Å². The second-order valence-electron chi connectivity index (χ2n) is 9.01. The molecule has 182 valence electrons. The van der Waals surface area contributed by atoms with Gasteiger partial charge in [0.05, 0.1) is 10.2 Å². The SMILES string of the molecule is Cc1nn(CCCNC(=O)c2ccc(COc3ccc(C(C)(C)c4ccccc4)cc3)o2)cc1Br. The Morgan fingerprint density at radius 3 is 2.46 bits per heavy atom. The maximum atomic E-state index is 12.4. The fraction of sp³-hybridized carbons (Fsp3) is 0.286. The number of benzene rings is 2. The van der Waals surface area contributed by atoms with Crippen LogP contribution in [0.2, 0.25) is 0 Å². The van der Waals surface area contributed by atoms with E-state index in [1.54, 1.807) is 12.1 Å². The first-order valence-electron chi connectivity index (χ1n) is 11.7. The largest absolute Gasteiger partial charge is 0.486 e. The fourth-order valence-electron chi connectivity index (χ4n) is 3.86. The van der Waals surface area contributed by atoms with Crippen molar-refractivity contribution < 1.29 is 13.9 Å². The highest BCUT2D eigenvalue weighted by atomic mass is 79.9. The molecule has 0 saturated heterocycles. The summed E-state index contributed by atoms with van der Waals surface area (Å²) in [6.07, 6.45) is 2.71. The van der Waals surface area contributed by atoms with Crippen LogP contribution in [-0.4, -0.2) is 22.2 Å². The fourth-order valence-corrected chi connectivity index (χ4v) is 4.18. The molecule has 0 spiro atoms. The van der Waals surface area contributed by atoms with Gasteiger partial charge in [0.2, 0.25) is 0 Å². The lowest BCUT2D eigenvalue weighted by molar-refractivity contribution is 0.0920. The van der Waals surface area contributed by atoms with Crippen molar-refractivity contribution in [3.63, 3.8) is 0 Å². The zero-order valence-electron chi connectivity index (χ0n) is 20.3. The minimum atomic E-state index is -0.235. The molecule has 7 heteroatoms. The van der Waals surface area contributed by atoms with Gasteiger partial charge in [0.15, 0.2) is 5.76 Å². The van der Waals surface area contributed by atoms with E-state index in [2.05, 4.69) is 76.6 Å². The van der Waals surface area contributed by atoms with Gasteiger partial charge in [-0.15, -0.1) is 0 Å². The number of ether oxygens (including phenoxy) is 1.